The molecule has 1 heterocycles. The Morgan fingerprint density at radius 2 is 1.67 bits per heavy atom. The van der Waals surface area contributed by atoms with E-state index in [1.165, 1.54) is 40.7 Å². The molecule has 3 aromatic rings. The van der Waals surface area contributed by atoms with Crippen LogP contribution in [0.25, 0.3) is 0 Å². The topological polar surface area (TPSA) is 43.4 Å². The van der Waals surface area contributed by atoms with Crippen molar-refractivity contribution < 1.29 is 13.2 Å². The number of hydrogen-bond acceptors (Lipinski definition) is 4. The Morgan fingerprint density at radius 3 is 1.96 bits per heavy atom. The van der Waals surface area contributed by atoms with Crippen molar-refractivity contribution in [3.8, 4) is 18.1 Å². The number of rotatable bonds is 2. The average Bonchev–Trinajstić information content (AvgIpc) is 3.05. The van der Waals surface area contributed by atoms with Crippen LogP contribution in [0.15, 0.2) is 75.4 Å². The number of methoxy groups -OCH3 is 1. The summed E-state index contributed by atoms with van der Waals surface area (Å²) in [5.74, 6) is 3.12. The SMILES string of the molecule is C#Cc1ccccc1.COc1ccc(S(=O)(=O)Cl)cc1.Cc1sccc1Br. The Bertz CT molecular complexity index is 944. The maximum Gasteiger partial charge on any atom is 0.261 e. The van der Waals surface area contributed by atoms with Crippen molar-refractivity contribution in [3.63, 3.8) is 0 Å². The summed E-state index contributed by atoms with van der Waals surface area (Å²) in [6.45, 7) is 2.09. The normalized spacial score (nSPS) is 9.74. The van der Waals surface area contributed by atoms with Gasteiger partial charge in [-0.15, -0.1) is 17.8 Å². The molecule has 0 radical (unpaired) electrons. The zero-order chi connectivity index (χ0) is 20.3. The van der Waals surface area contributed by atoms with Crippen molar-refractivity contribution in [2.45, 2.75) is 11.8 Å². The predicted molar refractivity (Wildman–Crippen MR) is 117 cm³/mol. The summed E-state index contributed by atoms with van der Waals surface area (Å²) >= 11 is 5.13. The summed E-state index contributed by atoms with van der Waals surface area (Å²) in [5.41, 5.74) is 0.938. The Balaban J connectivity index is 0.000000212. The molecule has 0 saturated heterocycles. The second kappa shape index (κ2) is 11.8. The standard InChI is InChI=1S/C8H6.C7H7ClO3S.C5H5BrS/c1-2-8-6-4-3-5-7-8;1-11-6-2-4-7(5-3-6)12(8,9)10;1-4-5(6)2-3-7-4/h1,3-7H;2-5H,1H3;2-3H,1H3. The lowest BCUT2D eigenvalue weighted by atomic mass is 10.2. The van der Waals surface area contributed by atoms with E-state index in [0.717, 1.165) is 5.56 Å². The molecule has 0 saturated carbocycles. The molecular formula is C20H18BrClO3S2. The Morgan fingerprint density at radius 1 is 1.07 bits per heavy atom. The largest absolute Gasteiger partial charge is 0.497 e. The zero-order valence-electron chi connectivity index (χ0n) is 14.7. The molecule has 2 aromatic carbocycles. The second-order valence-electron chi connectivity index (χ2n) is 4.95. The van der Waals surface area contributed by atoms with Gasteiger partial charge in [-0.3, -0.25) is 0 Å². The summed E-state index contributed by atoms with van der Waals surface area (Å²) in [4.78, 5) is 1.42. The van der Waals surface area contributed by atoms with E-state index in [9.17, 15) is 8.42 Å². The predicted octanol–water partition coefficient (Wildman–Crippen LogP) is 6.11. The highest BCUT2D eigenvalue weighted by molar-refractivity contribution is 9.10. The van der Waals surface area contributed by atoms with Crippen molar-refractivity contribution in [1.29, 1.82) is 0 Å². The van der Waals surface area contributed by atoms with Gasteiger partial charge in [-0.2, -0.15) is 0 Å². The van der Waals surface area contributed by atoms with E-state index in [0.29, 0.717) is 5.75 Å². The first-order valence-electron chi connectivity index (χ1n) is 7.58. The van der Waals surface area contributed by atoms with Gasteiger partial charge in [0.25, 0.3) is 9.05 Å². The van der Waals surface area contributed by atoms with Crippen LogP contribution in [0, 0.1) is 19.3 Å². The summed E-state index contributed by atoms with van der Waals surface area (Å²) in [6.07, 6.45) is 5.10. The molecule has 142 valence electrons. The third-order valence-corrected chi connectivity index (χ3v) is 6.41. The lowest BCUT2D eigenvalue weighted by molar-refractivity contribution is 0.414. The van der Waals surface area contributed by atoms with Crippen molar-refractivity contribution in [2.75, 3.05) is 7.11 Å². The molecule has 0 unspecified atom stereocenters. The first-order chi connectivity index (χ1) is 12.8. The van der Waals surface area contributed by atoms with Crippen molar-refractivity contribution in [3.05, 3.63) is 81.0 Å². The van der Waals surface area contributed by atoms with Crippen LogP contribution in [0.1, 0.15) is 10.4 Å². The minimum Gasteiger partial charge on any atom is -0.497 e. The van der Waals surface area contributed by atoms with Crippen molar-refractivity contribution in [1.82, 2.24) is 0 Å². The zero-order valence-corrected chi connectivity index (χ0v) is 18.7. The molecule has 0 aliphatic carbocycles. The van der Waals surface area contributed by atoms with Crippen LogP contribution >= 0.6 is 37.9 Å². The van der Waals surface area contributed by atoms with Gasteiger partial charge in [-0.25, -0.2) is 8.42 Å². The molecule has 1 aromatic heterocycles. The maximum atomic E-state index is 10.8. The van der Waals surface area contributed by atoms with E-state index < -0.39 is 9.05 Å². The highest BCUT2D eigenvalue weighted by atomic mass is 79.9. The van der Waals surface area contributed by atoms with Crippen LogP contribution in [-0.2, 0) is 9.05 Å². The molecule has 3 nitrogen and oxygen atoms in total. The quantitative estimate of drug-likeness (QED) is 0.325. The van der Waals surface area contributed by atoms with Crippen LogP contribution < -0.4 is 4.74 Å². The Labute approximate surface area is 177 Å². The first-order valence-corrected chi connectivity index (χ1v) is 11.6. The number of terminal acetylenes is 1. The van der Waals surface area contributed by atoms with Gasteiger partial charge in [0.2, 0.25) is 0 Å². The van der Waals surface area contributed by atoms with Gasteiger partial charge in [0.05, 0.1) is 12.0 Å². The maximum absolute atomic E-state index is 10.8. The van der Waals surface area contributed by atoms with Crippen molar-refractivity contribution in [2.24, 2.45) is 0 Å². The number of aryl methyl sites for hydroxylation is 1. The third kappa shape index (κ3) is 9.12. The smallest absolute Gasteiger partial charge is 0.261 e. The summed E-state index contributed by atoms with van der Waals surface area (Å²) in [7, 11) is 2.98. The molecule has 0 spiro atoms. The Kier molecular flexibility index (Phi) is 10.2. The van der Waals surface area contributed by atoms with E-state index >= 15 is 0 Å². The molecule has 0 aliphatic heterocycles. The molecule has 0 bridgehead atoms. The fraction of sp³-hybridized carbons (Fsp3) is 0.100. The van der Waals surface area contributed by atoms with Gasteiger partial charge in [-0.1, -0.05) is 24.1 Å². The molecule has 0 atom stereocenters. The third-order valence-electron chi connectivity index (χ3n) is 3.08. The highest BCUT2D eigenvalue weighted by Crippen LogP contribution is 2.20. The van der Waals surface area contributed by atoms with Gasteiger partial charge < -0.3 is 4.74 Å². The minimum absolute atomic E-state index is 0.0740. The van der Waals surface area contributed by atoms with Crippen LogP contribution in [0.2, 0.25) is 0 Å². The van der Waals surface area contributed by atoms with E-state index in [1.54, 1.807) is 11.3 Å². The fourth-order valence-electron chi connectivity index (χ4n) is 1.64. The van der Waals surface area contributed by atoms with Gasteiger partial charge in [-0.05, 0) is 70.7 Å². The van der Waals surface area contributed by atoms with Crippen molar-refractivity contribution >= 4 is 47.0 Å². The number of benzene rings is 2. The monoisotopic (exact) mass is 484 g/mol. The number of thiophene rings is 1. The lowest BCUT2D eigenvalue weighted by Crippen LogP contribution is -1.90. The second-order valence-corrected chi connectivity index (χ2v) is 9.49. The first kappa shape index (κ1) is 23.3. The number of halogens is 2. The summed E-state index contributed by atoms with van der Waals surface area (Å²) in [6, 6.07) is 17.5. The van der Waals surface area contributed by atoms with Gasteiger partial charge in [0.15, 0.2) is 0 Å². The molecule has 3 rings (SSSR count). The van der Waals surface area contributed by atoms with E-state index in [-0.39, 0.29) is 4.90 Å². The van der Waals surface area contributed by atoms with Crippen LogP contribution in [0.4, 0.5) is 0 Å². The molecule has 7 heteroatoms. The fourth-order valence-corrected chi connectivity index (χ4v) is 3.59. The number of ether oxygens (including phenoxy) is 1. The lowest BCUT2D eigenvalue weighted by Gasteiger charge is -1.99. The average molecular weight is 486 g/mol. The molecular weight excluding hydrogens is 468 g/mol. The summed E-state index contributed by atoms with van der Waals surface area (Å²) in [5, 5.41) is 2.07. The van der Waals surface area contributed by atoms with Crippen LogP contribution in [-0.4, -0.2) is 15.5 Å². The van der Waals surface area contributed by atoms with Crippen LogP contribution in [0.5, 0.6) is 5.75 Å². The van der Waals surface area contributed by atoms with Gasteiger partial charge in [0, 0.05) is 25.6 Å². The molecule has 0 N–H and O–H groups in total. The van der Waals surface area contributed by atoms with E-state index in [1.807, 2.05) is 30.3 Å². The highest BCUT2D eigenvalue weighted by Gasteiger charge is 2.08. The minimum atomic E-state index is -3.61. The van der Waals surface area contributed by atoms with Crippen LogP contribution in [0.3, 0.4) is 0 Å². The Hall–Kier alpha value is -1.78. The van der Waals surface area contributed by atoms with E-state index in [2.05, 4.69) is 40.2 Å². The van der Waals surface area contributed by atoms with E-state index in [4.69, 9.17) is 21.8 Å². The summed E-state index contributed by atoms with van der Waals surface area (Å²) < 4.78 is 27.6. The van der Waals surface area contributed by atoms with Gasteiger partial charge in [0.1, 0.15) is 5.75 Å². The molecule has 0 fully saturated rings. The molecule has 27 heavy (non-hydrogen) atoms. The van der Waals surface area contributed by atoms with Gasteiger partial charge >= 0.3 is 0 Å². The molecule has 0 amide bonds. The number of hydrogen-bond donors (Lipinski definition) is 0. The molecule has 0 aliphatic rings.